The van der Waals surface area contributed by atoms with Crippen molar-refractivity contribution in [3.8, 4) is 0 Å². The van der Waals surface area contributed by atoms with E-state index in [-0.39, 0.29) is 17.0 Å². The van der Waals surface area contributed by atoms with Crippen molar-refractivity contribution < 1.29 is 0 Å². The van der Waals surface area contributed by atoms with Gasteiger partial charge in [0.2, 0.25) is 0 Å². The van der Waals surface area contributed by atoms with Gasteiger partial charge in [-0.2, -0.15) is 0 Å². The summed E-state index contributed by atoms with van der Waals surface area (Å²) >= 11 is 5.13. The molecule has 0 radical (unpaired) electrons. The highest BCUT2D eigenvalue weighted by Crippen LogP contribution is 2.17. The van der Waals surface area contributed by atoms with Crippen molar-refractivity contribution in [2.24, 2.45) is 0 Å². The summed E-state index contributed by atoms with van der Waals surface area (Å²) in [7, 11) is 0. The first-order valence-electron chi connectivity index (χ1n) is 3.80. The molecule has 2 aromatic rings. The normalized spacial score (nSPS) is 10.3. The summed E-state index contributed by atoms with van der Waals surface area (Å²) in [6, 6.07) is 0. The molecular formula is C8H10Br2N2S. The standard InChI is InChI=1S/C8H9BrN2S.BrH/c1-6-7(2-3-9)11-4-5-12-8(11)10-6;/h4-5H,2-3H2,1H3;1H. The van der Waals surface area contributed by atoms with Crippen molar-refractivity contribution in [3.05, 3.63) is 23.0 Å². The Kier molecular flexibility index (Phi) is 3.94. The Bertz CT molecular complexity index is 394. The number of nitrogens with zero attached hydrogens (tertiary/aromatic N) is 2. The van der Waals surface area contributed by atoms with E-state index in [0.717, 1.165) is 22.4 Å². The Morgan fingerprint density at radius 2 is 2.38 bits per heavy atom. The van der Waals surface area contributed by atoms with Gasteiger partial charge in [-0.05, 0) is 13.3 Å². The topological polar surface area (TPSA) is 17.3 Å². The fraction of sp³-hybridized carbons (Fsp3) is 0.375. The van der Waals surface area contributed by atoms with Crippen LogP contribution in [0.25, 0.3) is 4.96 Å². The van der Waals surface area contributed by atoms with Gasteiger partial charge >= 0.3 is 0 Å². The van der Waals surface area contributed by atoms with E-state index in [1.807, 2.05) is 0 Å². The molecule has 0 unspecified atom stereocenters. The molecule has 2 rings (SSSR count). The lowest BCUT2D eigenvalue weighted by atomic mass is 10.3. The maximum atomic E-state index is 4.45. The Morgan fingerprint density at radius 1 is 1.62 bits per heavy atom. The zero-order chi connectivity index (χ0) is 8.55. The minimum atomic E-state index is 0. The second-order valence-electron chi connectivity index (χ2n) is 2.64. The third kappa shape index (κ3) is 1.97. The largest absolute Gasteiger partial charge is 0.294 e. The van der Waals surface area contributed by atoms with Crippen molar-refractivity contribution in [1.82, 2.24) is 9.38 Å². The van der Waals surface area contributed by atoms with Crippen LogP contribution in [0.5, 0.6) is 0 Å². The minimum Gasteiger partial charge on any atom is -0.294 e. The summed E-state index contributed by atoms with van der Waals surface area (Å²) in [5.74, 6) is 0. The molecule has 0 aromatic carbocycles. The van der Waals surface area contributed by atoms with Crippen LogP contribution < -0.4 is 0 Å². The number of rotatable bonds is 2. The zero-order valence-electron chi connectivity index (χ0n) is 7.16. The molecule has 0 saturated carbocycles. The molecule has 0 fully saturated rings. The van der Waals surface area contributed by atoms with Crippen molar-refractivity contribution in [3.63, 3.8) is 0 Å². The van der Waals surface area contributed by atoms with Gasteiger partial charge in [0.1, 0.15) is 0 Å². The molecule has 0 atom stereocenters. The van der Waals surface area contributed by atoms with Gasteiger partial charge in [-0.1, -0.05) is 15.9 Å². The van der Waals surface area contributed by atoms with E-state index in [9.17, 15) is 0 Å². The first kappa shape index (κ1) is 11.2. The summed E-state index contributed by atoms with van der Waals surface area (Å²) in [6.07, 6.45) is 3.13. The fourth-order valence-corrected chi connectivity index (χ4v) is 2.49. The van der Waals surface area contributed by atoms with Crippen LogP contribution in [0.1, 0.15) is 11.4 Å². The average Bonchev–Trinajstić information content (AvgIpc) is 2.56. The van der Waals surface area contributed by atoms with Gasteiger partial charge in [-0.15, -0.1) is 28.3 Å². The van der Waals surface area contributed by atoms with Gasteiger partial charge in [-0.25, -0.2) is 4.98 Å². The van der Waals surface area contributed by atoms with E-state index in [0.29, 0.717) is 0 Å². The molecule has 0 saturated heterocycles. The van der Waals surface area contributed by atoms with E-state index in [1.165, 1.54) is 5.69 Å². The van der Waals surface area contributed by atoms with Crippen LogP contribution in [-0.4, -0.2) is 14.7 Å². The Labute approximate surface area is 99.9 Å². The maximum absolute atomic E-state index is 4.45. The number of imidazole rings is 1. The minimum absolute atomic E-state index is 0. The molecule has 0 aliphatic heterocycles. The number of hydrogen-bond donors (Lipinski definition) is 0. The third-order valence-corrected chi connectivity index (χ3v) is 3.05. The van der Waals surface area contributed by atoms with Crippen molar-refractivity contribution in [2.75, 3.05) is 5.33 Å². The molecule has 0 aliphatic carbocycles. The van der Waals surface area contributed by atoms with Gasteiger partial charge in [0.05, 0.1) is 5.69 Å². The highest BCUT2D eigenvalue weighted by molar-refractivity contribution is 9.09. The van der Waals surface area contributed by atoms with Crippen LogP contribution in [0, 0.1) is 6.92 Å². The first-order chi connectivity index (χ1) is 5.83. The SMILES string of the molecule is Br.Cc1nc2sccn2c1CCBr. The van der Waals surface area contributed by atoms with E-state index in [2.05, 4.69) is 43.8 Å². The quantitative estimate of drug-likeness (QED) is 0.775. The van der Waals surface area contributed by atoms with E-state index < -0.39 is 0 Å². The molecule has 2 heterocycles. The average molecular weight is 326 g/mol. The Morgan fingerprint density at radius 3 is 3.08 bits per heavy atom. The molecule has 0 bridgehead atoms. The highest BCUT2D eigenvalue weighted by Gasteiger charge is 2.07. The van der Waals surface area contributed by atoms with Crippen LogP contribution >= 0.6 is 44.2 Å². The Balaban J connectivity index is 0.000000845. The predicted octanol–water partition coefficient (Wildman–Crippen LogP) is 3.22. The Hall–Kier alpha value is 0.130. The summed E-state index contributed by atoms with van der Waals surface area (Å²) in [4.78, 5) is 5.55. The summed E-state index contributed by atoms with van der Waals surface area (Å²) in [6.45, 7) is 2.07. The fourth-order valence-electron chi connectivity index (χ4n) is 1.33. The van der Waals surface area contributed by atoms with E-state index in [4.69, 9.17) is 0 Å². The van der Waals surface area contributed by atoms with Crippen molar-refractivity contribution in [2.45, 2.75) is 13.3 Å². The van der Waals surface area contributed by atoms with Crippen LogP contribution in [0.3, 0.4) is 0 Å². The van der Waals surface area contributed by atoms with Gasteiger partial charge in [0, 0.05) is 22.6 Å². The number of alkyl halides is 1. The smallest absolute Gasteiger partial charge is 0.194 e. The number of aryl methyl sites for hydroxylation is 2. The number of thiazole rings is 1. The van der Waals surface area contributed by atoms with Crippen LogP contribution in [-0.2, 0) is 6.42 Å². The van der Waals surface area contributed by atoms with Crippen LogP contribution in [0.4, 0.5) is 0 Å². The predicted molar refractivity (Wildman–Crippen MR) is 65.6 cm³/mol. The summed E-state index contributed by atoms with van der Waals surface area (Å²) in [5.41, 5.74) is 2.48. The molecule has 0 spiro atoms. The maximum Gasteiger partial charge on any atom is 0.194 e. The second kappa shape index (κ2) is 4.57. The van der Waals surface area contributed by atoms with E-state index >= 15 is 0 Å². The molecule has 0 amide bonds. The van der Waals surface area contributed by atoms with E-state index in [1.54, 1.807) is 11.3 Å². The third-order valence-electron chi connectivity index (χ3n) is 1.89. The van der Waals surface area contributed by atoms with Gasteiger partial charge in [0.25, 0.3) is 0 Å². The summed E-state index contributed by atoms with van der Waals surface area (Å²) in [5, 5.41) is 3.07. The lowest BCUT2D eigenvalue weighted by Gasteiger charge is -1.95. The second-order valence-corrected chi connectivity index (χ2v) is 4.30. The van der Waals surface area contributed by atoms with Gasteiger partial charge in [0.15, 0.2) is 4.96 Å². The molecule has 0 aliphatic rings. The molecule has 72 valence electrons. The van der Waals surface area contributed by atoms with Crippen molar-refractivity contribution in [1.29, 1.82) is 0 Å². The zero-order valence-corrected chi connectivity index (χ0v) is 11.3. The van der Waals surface area contributed by atoms with Crippen LogP contribution in [0.2, 0.25) is 0 Å². The van der Waals surface area contributed by atoms with Gasteiger partial charge in [-0.3, -0.25) is 4.40 Å². The molecule has 0 N–H and O–H groups in total. The monoisotopic (exact) mass is 324 g/mol. The molecule has 5 heteroatoms. The lowest BCUT2D eigenvalue weighted by Crippen LogP contribution is -1.92. The molecule has 2 nitrogen and oxygen atoms in total. The van der Waals surface area contributed by atoms with Crippen LogP contribution in [0.15, 0.2) is 11.6 Å². The number of halogens is 2. The highest BCUT2D eigenvalue weighted by atomic mass is 79.9. The summed E-state index contributed by atoms with van der Waals surface area (Å²) < 4.78 is 2.17. The lowest BCUT2D eigenvalue weighted by molar-refractivity contribution is 0.999. The molecule has 13 heavy (non-hydrogen) atoms. The molecule has 2 aromatic heterocycles. The first-order valence-corrected chi connectivity index (χ1v) is 5.80. The van der Waals surface area contributed by atoms with Gasteiger partial charge < -0.3 is 0 Å². The van der Waals surface area contributed by atoms with Crippen molar-refractivity contribution >= 4 is 49.2 Å². The number of aromatic nitrogens is 2. The molecular weight excluding hydrogens is 316 g/mol. The number of hydrogen-bond acceptors (Lipinski definition) is 2. The number of fused-ring (bicyclic) bond motifs is 1.